The minimum atomic E-state index is -4.79. The van der Waals surface area contributed by atoms with Gasteiger partial charge in [-0.1, -0.05) is 30.3 Å². The van der Waals surface area contributed by atoms with Crippen molar-refractivity contribution < 1.29 is 42.5 Å². The van der Waals surface area contributed by atoms with E-state index >= 15 is 0 Å². The first kappa shape index (κ1) is 27.6. The van der Waals surface area contributed by atoms with E-state index in [9.17, 15) is 14.0 Å². The number of fused-ring (bicyclic) bond motifs is 2. The maximum atomic E-state index is 12.2. The third-order valence-electron chi connectivity index (χ3n) is 5.90. The van der Waals surface area contributed by atoms with Crippen molar-refractivity contribution in [3.8, 4) is 0 Å². The Morgan fingerprint density at radius 2 is 1.84 bits per heavy atom. The number of nitrogens with one attached hydrogen (secondary N) is 1. The van der Waals surface area contributed by atoms with Gasteiger partial charge in [-0.05, 0) is 31.0 Å². The van der Waals surface area contributed by atoms with Gasteiger partial charge in [0.05, 0.1) is 12.9 Å². The molecule has 0 spiro atoms. The van der Waals surface area contributed by atoms with E-state index in [1.54, 1.807) is 18.4 Å². The summed E-state index contributed by atoms with van der Waals surface area (Å²) in [5.41, 5.74) is 1.82. The third-order valence-corrected chi connectivity index (χ3v) is 9.52. The summed E-state index contributed by atoms with van der Waals surface area (Å²) < 4.78 is 48.1. The first-order valence-electron chi connectivity index (χ1n) is 11.5. The van der Waals surface area contributed by atoms with E-state index in [1.807, 2.05) is 30.3 Å². The highest BCUT2D eigenvalue weighted by molar-refractivity contribution is 7.70. The molecule has 0 radical (unpaired) electrons. The van der Waals surface area contributed by atoms with Crippen LogP contribution in [0.3, 0.4) is 0 Å². The number of ether oxygens (including phenoxy) is 3. The molecule has 4 heterocycles. The second-order valence-corrected chi connectivity index (χ2v) is 13.7. The molecular formula is C21H26ClN5O9P2. The summed E-state index contributed by atoms with van der Waals surface area (Å²) >= 11 is 6.24. The molecule has 2 aliphatic heterocycles. The molecule has 2 unspecified atom stereocenters. The van der Waals surface area contributed by atoms with Crippen LogP contribution in [0.5, 0.6) is 0 Å². The Balaban J connectivity index is 1.40. The van der Waals surface area contributed by atoms with Crippen molar-refractivity contribution >= 4 is 43.8 Å². The smallest absolute Gasteiger partial charge is 0.340 e. The first-order valence-corrected chi connectivity index (χ1v) is 15.4. The summed E-state index contributed by atoms with van der Waals surface area (Å²) in [6.07, 6.45) is -1.67. The Morgan fingerprint density at radius 3 is 2.55 bits per heavy atom. The van der Waals surface area contributed by atoms with Crippen molar-refractivity contribution in [2.45, 2.75) is 50.7 Å². The molecule has 17 heteroatoms. The van der Waals surface area contributed by atoms with E-state index < -0.39 is 58.0 Å². The summed E-state index contributed by atoms with van der Waals surface area (Å²) in [5.74, 6) is -1.90. The number of rotatable bonds is 9. The van der Waals surface area contributed by atoms with Crippen molar-refractivity contribution in [1.82, 2.24) is 19.5 Å². The van der Waals surface area contributed by atoms with Crippen molar-refractivity contribution in [3.05, 3.63) is 47.5 Å². The molecule has 4 N–H and O–H groups in total. The molecule has 2 fully saturated rings. The maximum Gasteiger partial charge on any atom is 0.340 e. The molecule has 5 atom stereocenters. The van der Waals surface area contributed by atoms with Crippen LogP contribution in [0.4, 0.5) is 5.82 Å². The molecule has 14 nitrogen and oxygen atoms in total. The second-order valence-electron chi connectivity index (χ2n) is 9.37. The van der Waals surface area contributed by atoms with E-state index in [0.29, 0.717) is 23.5 Å². The van der Waals surface area contributed by atoms with Gasteiger partial charge in [0.15, 0.2) is 34.9 Å². The van der Waals surface area contributed by atoms with Crippen LogP contribution in [-0.4, -0.2) is 70.8 Å². The van der Waals surface area contributed by atoms with Gasteiger partial charge in [-0.2, -0.15) is 9.97 Å². The lowest BCUT2D eigenvalue weighted by atomic mass is 10.1. The third kappa shape index (κ3) is 6.10. The van der Waals surface area contributed by atoms with Crippen molar-refractivity contribution in [2.24, 2.45) is 0 Å². The molecule has 38 heavy (non-hydrogen) atoms. The molecule has 0 bridgehead atoms. The minimum Gasteiger partial charge on any atom is -0.364 e. The van der Waals surface area contributed by atoms with Crippen LogP contribution in [0, 0.1) is 0 Å². The number of hydrogen-bond donors (Lipinski definition) is 4. The average molecular weight is 590 g/mol. The molecular weight excluding hydrogens is 564 g/mol. The summed E-state index contributed by atoms with van der Waals surface area (Å²) in [7, 11) is -9.39. The van der Waals surface area contributed by atoms with Crippen molar-refractivity contribution in [1.29, 1.82) is 0 Å². The Kier molecular flexibility index (Phi) is 7.42. The second kappa shape index (κ2) is 10.2. The molecule has 0 amide bonds. The number of aromatic nitrogens is 4. The molecule has 1 aromatic carbocycles. The minimum absolute atomic E-state index is 0.0215. The van der Waals surface area contributed by atoms with Crippen LogP contribution >= 0.6 is 26.8 Å². The van der Waals surface area contributed by atoms with E-state index in [1.165, 1.54) is 6.33 Å². The normalized spacial score (nSPS) is 26.4. The van der Waals surface area contributed by atoms with Gasteiger partial charge in [0.25, 0.3) is 0 Å². The highest BCUT2D eigenvalue weighted by Gasteiger charge is 2.56. The number of imidazole rings is 1. The number of hydrogen-bond acceptors (Lipinski definition) is 10. The zero-order valence-electron chi connectivity index (χ0n) is 20.2. The fourth-order valence-corrected chi connectivity index (χ4v) is 7.20. The zero-order valence-corrected chi connectivity index (χ0v) is 22.8. The molecule has 5 rings (SSSR count). The quantitative estimate of drug-likeness (QED) is 0.211. The Bertz CT molecular complexity index is 1420. The van der Waals surface area contributed by atoms with Gasteiger partial charge < -0.3 is 38.7 Å². The SMILES string of the molecule is CC1(C)OC2[C@@H](COP(=O)(O)CP(=O)(O)O)O[C@@H](n3cnc4c(NCc5ccccc5)nc(Cl)nc43)[C@H]2O1. The van der Waals surface area contributed by atoms with Crippen LogP contribution in [0.15, 0.2) is 36.7 Å². The van der Waals surface area contributed by atoms with Crippen LogP contribution in [0.25, 0.3) is 11.2 Å². The zero-order chi connectivity index (χ0) is 27.3. The topological polar surface area (TPSA) is 187 Å². The van der Waals surface area contributed by atoms with Gasteiger partial charge in [0, 0.05) is 6.54 Å². The highest BCUT2D eigenvalue weighted by Crippen LogP contribution is 2.56. The lowest BCUT2D eigenvalue weighted by molar-refractivity contribution is -0.199. The van der Waals surface area contributed by atoms with E-state index in [2.05, 4.69) is 20.3 Å². The molecule has 2 aromatic heterocycles. The number of halogens is 1. The summed E-state index contributed by atoms with van der Waals surface area (Å²) in [6.45, 7) is 3.42. The fourth-order valence-electron chi connectivity index (χ4n) is 4.46. The maximum absolute atomic E-state index is 12.2. The van der Waals surface area contributed by atoms with E-state index in [0.717, 1.165) is 5.56 Å². The first-order chi connectivity index (χ1) is 17.8. The monoisotopic (exact) mass is 589 g/mol. The Hall–Kier alpha value is -1.96. The lowest BCUT2D eigenvalue weighted by Crippen LogP contribution is -2.32. The molecule has 206 valence electrons. The van der Waals surface area contributed by atoms with Gasteiger partial charge >= 0.3 is 15.2 Å². The van der Waals surface area contributed by atoms with Gasteiger partial charge in [-0.25, -0.2) is 4.98 Å². The molecule has 0 aliphatic carbocycles. The molecule has 2 aliphatic rings. The van der Waals surface area contributed by atoms with E-state index in [-0.39, 0.29) is 5.28 Å². The lowest BCUT2D eigenvalue weighted by Gasteiger charge is -2.25. The number of nitrogens with zero attached hydrogens (tertiary/aromatic N) is 4. The van der Waals surface area contributed by atoms with Crippen molar-refractivity contribution in [3.63, 3.8) is 0 Å². The van der Waals surface area contributed by atoms with Crippen LogP contribution in [-0.2, 0) is 34.4 Å². The molecule has 2 saturated heterocycles. The Labute approximate surface area is 222 Å². The predicted octanol–water partition coefficient (Wildman–Crippen LogP) is 2.85. The van der Waals surface area contributed by atoms with E-state index in [4.69, 9.17) is 40.1 Å². The van der Waals surface area contributed by atoms with Crippen LogP contribution < -0.4 is 5.32 Å². The summed E-state index contributed by atoms with van der Waals surface area (Å²) in [6, 6.07) is 9.70. The predicted molar refractivity (Wildman–Crippen MR) is 135 cm³/mol. The van der Waals surface area contributed by atoms with Gasteiger partial charge in [-0.15, -0.1) is 0 Å². The van der Waals surface area contributed by atoms with Gasteiger partial charge in [-0.3, -0.25) is 13.7 Å². The fraction of sp³-hybridized carbons (Fsp3) is 0.476. The average Bonchev–Trinajstić information content (AvgIpc) is 3.46. The number of anilines is 1. The molecule has 0 saturated carbocycles. The molecule has 3 aromatic rings. The largest absolute Gasteiger partial charge is 0.364 e. The van der Waals surface area contributed by atoms with Crippen LogP contribution in [0.1, 0.15) is 25.6 Å². The van der Waals surface area contributed by atoms with Crippen LogP contribution in [0.2, 0.25) is 5.28 Å². The standard InChI is InChI=1S/C21H26ClN5O9P2/c1-21(2)35-15-13(9-33-38(31,32)11-37(28,29)30)34-19(16(15)36-21)27-10-24-14-17(25-20(22)26-18(14)27)23-8-12-6-4-3-5-7-12/h3-7,10,13,15-16,19H,8-9,11H2,1-2H3,(H,31,32)(H,23,25,26)(H2,28,29,30)/t13-,15?,16+,19-/m1/s1. The summed E-state index contributed by atoms with van der Waals surface area (Å²) in [4.78, 5) is 41.1. The van der Waals surface area contributed by atoms with Gasteiger partial charge in [0.2, 0.25) is 5.28 Å². The number of benzene rings is 1. The highest BCUT2D eigenvalue weighted by atomic mass is 35.5. The summed E-state index contributed by atoms with van der Waals surface area (Å²) in [5, 5.41) is 3.20. The van der Waals surface area contributed by atoms with Gasteiger partial charge in [0.1, 0.15) is 18.3 Å². The Morgan fingerprint density at radius 1 is 1.13 bits per heavy atom. The van der Waals surface area contributed by atoms with Crippen molar-refractivity contribution in [2.75, 3.05) is 17.8 Å².